The SMILES string of the molecule is CC(C)Cc1cccc(C2=CC(Cl)CC(C)(C)C2)c1. The first-order valence-corrected chi connectivity index (χ1v) is 7.73. The lowest BCUT2D eigenvalue weighted by molar-refractivity contribution is 0.340. The normalized spacial score (nSPS) is 22.4. The number of halogens is 1. The van der Waals surface area contributed by atoms with Crippen molar-refractivity contribution in [2.75, 3.05) is 0 Å². The maximum Gasteiger partial charge on any atom is 0.0527 e. The zero-order valence-electron chi connectivity index (χ0n) is 12.5. The van der Waals surface area contributed by atoms with Gasteiger partial charge in [-0.1, -0.05) is 58.0 Å². The number of alkyl halides is 1. The third-order valence-electron chi connectivity index (χ3n) is 3.74. The minimum absolute atomic E-state index is 0.174. The highest BCUT2D eigenvalue weighted by Gasteiger charge is 2.28. The number of rotatable bonds is 3. The molecule has 1 unspecified atom stereocenters. The van der Waals surface area contributed by atoms with E-state index >= 15 is 0 Å². The molecule has 104 valence electrons. The minimum atomic E-state index is 0.174. The Morgan fingerprint density at radius 1 is 1.32 bits per heavy atom. The molecule has 0 aromatic heterocycles. The van der Waals surface area contributed by atoms with Gasteiger partial charge in [-0.2, -0.15) is 0 Å². The first kappa shape index (κ1) is 14.7. The quantitative estimate of drug-likeness (QED) is 0.622. The van der Waals surface area contributed by atoms with E-state index < -0.39 is 0 Å². The smallest absolute Gasteiger partial charge is 0.0527 e. The van der Waals surface area contributed by atoms with Crippen LogP contribution in [0.1, 0.15) is 51.7 Å². The molecule has 1 aromatic rings. The van der Waals surface area contributed by atoms with Crippen molar-refractivity contribution in [2.45, 2.75) is 52.3 Å². The summed E-state index contributed by atoms with van der Waals surface area (Å²) in [5, 5.41) is 0.174. The van der Waals surface area contributed by atoms with Crippen LogP contribution in [0.25, 0.3) is 5.57 Å². The van der Waals surface area contributed by atoms with E-state index in [4.69, 9.17) is 11.6 Å². The zero-order chi connectivity index (χ0) is 14.0. The van der Waals surface area contributed by atoms with Crippen LogP contribution in [0.5, 0.6) is 0 Å². The average Bonchev–Trinajstić information content (AvgIpc) is 2.25. The van der Waals surface area contributed by atoms with E-state index in [1.165, 1.54) is 16.7 Å². The van der Waals surface area contributed by atoms with Gasteiger partial charge in [-0.25, -0.2) is 0 Å². The molecule has 2 rings (SSSR count). The fourth-order valence-corrected chi connectivity index (χ4v) is 3.59. The van der Waals surface area contributed by atoms with Crippen molar-refractivity contribution >= 4 is 17.2 Å². The van der Waals surface area contributed by atoms with E-state index in [1.807, 2.05) is 0 Å². The zero-order valence-corrected chi connectivity index (χ0v) is 13.3. The van der Waals surface area contributed by atoms with Gasteiger partial charge in [0.15, 0.2) is 0 Å². The van der Waals surface area contributed by atoms with Gasteiger partial charge in [0.05, 0.1) is 5.38 Å². The van der Waals surface area contributed by atoms with Gasteiger partial charge in [-0.05, 0) is 47.3 Å². The second kappa shape index (κ2) is 5.71. The van der Waals surface area contributed by atoms with Gasteiger partial charge < -0.3 is 0 Å². The Morgan fingerprint density at radius 2 is 2.05 bits per heavy atom. The van der Waals surface area contributed by atoms with Gasteiger partial charge in [-0.15, -0.1) is 11.6 Å². The molecule has 19 heavy (non-hydrogen) atoms. The lowest BCUT2D eigenvalue weighted by Crippen LogP contribution is -2.21. The molecule has 0 radical (unpaired) electrons. The Morgan fingerprint density at radius 3 is 2.68 bits per heavy atom. The van der Waals surface area contributed by atoms with Crippen LogP contribution in [0, 0.1) is 11.3 Å². The maximum absolute atomic E-state index is 6.39. The molecule has 0 N–H and O–H groups in total. The van der Waals surface area contributed by atoms with Crippen LogP contribution < -0.4 is 0 Å². The highest BCUT2D eigenvalue weighted by atomic mass is 35.5. The van der Waals surface area contributed by atoms with Crippen molar-refractivity contribution in [3.05, 3.63) is 41.5 Å². The summed E-state index contributed by atoms with van der Waals surface area (Å²) in [6, 6.07) is 8.98. The Hall–Kier alpha value is -0.750. The average molecular weight is 277 g/mol. The third kappa shape index (κ3) is 4.11. The number of allylic oxidation sites excluding steroid dienone is 2. The highest BCUT2D eigenvalue weighted by molar-refractivity contribution is 6.22. The Labute approximate surface area is 122 Å². The molecule has 1 aliphatic carbocycles. The molecule has 0 saturated heterocycles. The van der Waals surface area contributed by atoms with Crippen LogP contribution >= 0.6 is 11.6 Å². The van der Waals surface area contributed by atoms with E-state index in [-0.39, 0.29) is 5.38 Å². The van der Waals surface area contributed by atoms with E-state index in [2.05, 4.69) is 58.0 Å². The molecule has 1 aliphatic rings. The van der Waals surface area contributed by atoms with Gasteiger partial charge in [0.25, 0.3) is 0 Å². The van der Waals surface area contributed by atoms with Crippen LogP contribution in [0.4, 0.5) is 0 Å². The summed E-state index contributed by atoms with van der Waals surface area (Å²) < 4.78 is 0. The van der Waals surface area contributed by atoms with E-state index in [1.54, 1.807) is 0 Å². The maximum atomic E-state index is 6.39. The molecule has 0 bridgehead atoms. The fraction of sp³-hybridized carbons (Fsp3) is 0.556. The number of hydrogen-bond donors (Lipinski definition) is 0. The molecule has 0 fully saturated rings. The third-order valence-corrected chi connectivity index (χ3v) is 4.02. The Kier molecular flexibility index (Phi) is 4.40. The van der Waals surface area contributed by atoms with Crippen molar-refractivity contribution in [3.8, 4) is 0 Å². The van der Waals surface area contributed by atoms with Crippen molar-refractivity contribution in [1.82, 2.24) is 0 Å². The van der Waals surface area contributed by atoms with Crippen molar-refractivity contribution in [1.29, 1.82) is 0 Å². The number of hydrogen-bond acceptors (Lipinski definition) is 0. The van der Waals surface area contributed by atoms with Crippen LogP contribution in [-0.2, 0) is 6.42 Å². The molecular weight excluding hydrogens is 252 g/mol. The summed E-state index contributed by atoms with van der Waals surface area (Å²) in [4.78, 5) is 0. The van der Waals surface area contributed by atoms with Crippen LogP contribution in [0.3, 0.4) is 0 Å². The van der Waals surface area contributed by atoms with Gasteiger partial charge in [0.2, 0.25) is 0 Å². The minimum Gasteiger partial charge on any atom is -0.118 e. The van der Waals surface area contributed by atoms with Crippen LogP contribution in [0.15, 0.2) is 30.3 Å². The van der Waals surface area contributed by atoms with E-state index in [0.717, 1.165) is 19.3 Å². The summed E-state index contributed by atoms with van der Waals surface area (Å²) in [5.41, 5.74) is 4.52. The predicted octanol–water partition coefficient (Wildman–Crippen LogP) is 5.70. The monoisotopic (exact) mass is 276 g/mol. The molecule has 0 nitrogen and oxygen atoms in total. The summed E-state index contributed by atoms with van der Waals surface area (Å²) in [5.74, 6) is 0.702. The largest absolute Gasteiger partial charge is 0.118 e. The summed E-state index contributed by atoms with van der Waals surface area (Å²) in [6.07, 6.45) is 5.60. The lowest BCUT2D eigenvalue weighted by atomic mass is 9.75. The predicted molar refractivity (Wildman–Crippen MR) is 85.6 cm³/mol. The van der Waals surface area contributed by atoms with Gasteiger partial charge >= 0.3 is 0 Å². The van der Waals surface area contributed by atoms with Gasteiger partial charge in [0, 0.05) is 0 Å². The molecule has 1 heteroatoms. The Balaban J connectivity index is 2.26. The first-order chi connectivity index (χ1) is 8.85. The molecular formula is C18H25Cl. The molecule has 0 heterocycles. The lowest BCUT2D eigenvalue weighted by Gasteiger charge is -2.32. The van der Waals surface area contributed by atoms with Crippen molar-refractivity contribution in [2.24, 2.45) is 11.3 Å². The molecule has 1 aromatic carbocycles. The van der Waals surface area contributed by atoms with Gasteiger partial charge in [-0.3, -0.25) is 0 Å². The fourth-order valence-electron chi connectivity index (χ4n) is 3.02. The van der Waals surface area contributed by atoms with E-state index in [9.17, 15) is 0 Å². The molecule has 0 saturated carbocycles. The van der Waals surface area contributed by atoms with Crippen molar-refractivity contribution in [3.63, 3.8) is 0 Å². The summed E-state index contributed by atoms with van der Waals surface area (Å²) in [7, 11) is 0. The van der Waals surface area contributed by atoms with Crippen LogP contribution in [-0.4, -0.2) is 5.38 Å². The summed E-state index contributed by atoms with van der Waals surface area (Å²) in [6.45, 7) is 9.16. The van der Waals surface area contributed by atoms with Crippen LogP contribution in [0.2, 0.25) is 0 Å². The van der Waals surface area contributed by atoms with Crippen molar-refractivity contribution < 1.29 is 0 Å². The molecule has 0 spiro atoms. The standard InChI is InChI=1S/C18H25Cl/c1-13(2)8-14-6-5-7-15(9-14)16-10-17(19)12-18(3,4)11-16/h5-7,9-10,13,17H,8,11-12H2,1-4H3. The first-order valence-electron chi connectivity index (χ1n) is 7.30. The topological polar surface area (TPSA) is 0 Å². The van der Waals surface area contributed by atoms with Gasteiger partial charge in [0.1, 0.15) is 0 Å². The Bertz CT molecular complexity index is 468. The van der Waals surface area contributed by atoms with E-state index in [0.29, 0.717) is 11.3 Å². The molecule has 0 amide bonds. The molecule has 1 atom stereocenters. The second-order valence-corrected chi connectivity index (χ2v) is 7.61. The summed E-state index contributed by atoms with van der Waals surface area (Å²) >= 11 is 6.39. The highest BCUT2D eigenvalue weighted by Crippen LogP contribution is 2.41. The second-order valence-electron chi connectivity index (χ2n) is 7.05. The number of benzene rings is 1. The molecule has 0 aliphatic heterocycles.